The highest BCUT2D eigenvalue weighted by atomic mass is 15.2. The van der Waals surface area contributed by atoms with E-state index in [0.717, 1.165) is 11.4 Å². The van der Waals surface area contributed by atoms with Crippen molar-refractivity contribution in [1.29, 1.82) is 0 Å². The molecule has 47 heavy (non-hydrogen) atoms. The van der Waals surface area contributed by atoms with Crippen LogP contribution in [0.15, 0.2) is 164 Å². The molecular formula is C45H36N2. The molecule has 1 N–H and O–H groups in total. The molecule has 2 heteroatoms. The van der Waals surface area contributed by atoms with Gasteiger partial charge in [0.2, 0.25) is 0 Å². The van der Waals surface area contributed by atoms with Crippen molar-refractivity contribution in [2.24, 2.45) is 0 Å². The lowest BCUT2D eigenvalue weighted by Gasteiger charge is -2.42. The highest BCUT2D eigenvalue weighted by Crippen LogP contribution is 2.51. The molecule has 0 atom stereocenters. The third-order valence-electron chi connectivity index (χ3n) is 9.40. The first-order valence-electron chi connectivity index (χ1n) is 16.3. The fraction of sp³-hybridized carbons (Fsp3) is 0.0667. The summed E-state index contributed by atoms with van der Waals surface area (Å²) in [6.07, 6.45) is 4.44. The van der Waals surface area contributed by atoms with E-state index in [0.29, 0.717) is 0 Å². The maximum absolute atomic E-state index is 3.54. The van der Waals surface area contributed by atoms with E-state index in [1.54, 1.807) is 0 Å². The maximum atomic E-state index is 3.54. The molecule has 0 spiro atoms. The summed E-state index contributed by atoms with van der Waals surface area (Å²) in [7, 11) is 0. The van der Waals surface area contributed by atoms with E-state index >= 15 is 0 Å². The second-order valence-corrected chi connectivity index (χ2v) is 12.8. The molecule has 0 radical (unpaired) electrons. The minimum atomic E-state index is -0.122. The van der Waals surface area contributed by atoms with Crippen molar-refractivity contribution in [2.75, 3.05) is 10.2 Å². The number of hydrogen-bond donors (Lipinski definition) is 1. The molecule has 0 amide bonds. The van der Waals surface area contributed by atoms with Crippen molar-refractivity contribution < 1.29 is 0 Å². The van der Waals surface area contributed by atoms with Gasteiger partial charge in [0.15, 0.2) is 0 Å². The van der Waals surface area contributed by atoms with E-state index in [9.17, 15) is 0 Å². The van der Waals surface area contributed by atoms with Crippen LogP contribution in [-0.4, -0.2) is 0 Å². The quantitative estimate of drug-likeness (QED) is 0.190. The van der Waals surface area contributed by atoms with Gasteiger partial charge in [0.25, 0.3) is 0 Å². The second kappa shape index (κ2) is 11.8. The fourth-order valence-electron chi connectivity index (χ4n) is 6.84. The summed E-state index contributed by atoms with van der Waals surface area (Å²) >= 11 is 0. The Morgan fingerprint density at radius 1 is 0.468 bits per heavy atom. The van der Waals surface area contributed by atoms with Crippen molar-refractivity contribution in [2.45, 2.75) is 19.3 Å². The van der Waals surface area contributed by atoms with E-state index in [-0.39, 0.29) is 5.41 Å². The first-order chi connectivity index (χ1) is 23.0. The molecule has 0 bridgehead atoms. The smallest absolute Gasteiger partial charge is 0.0503 e. The molecule has 0 unspecified atom stereocenters. The summed E-state index contributed by atoms with van der Waals surface area (Å²) in [5, 5.41) is 6.03. The second-order valence-electron chi connectivity index (χ2n) is 12.8. The number of nitrogens with zero attached hydrogens (tertiary/aromatic N) is 1. The van der Waals surface area contributed by atoms with Gasteiger partial charge in [0.05, 0.1) is 11.4 Å². The zero-order valence-corrected chi connectivity index (χ0v) is 26.7. The standard InChI is InChI=1S/C45H36N2/c1-45(2)41-14-8-9-15-43(41)47(40-12-4-3-5-13-40)44-29-20-33(30-42(44)45)17-16-32-18-21-35(22-19-32)36-23-26-38(27-24-36)46-39-28-25-34-10-6-7-11-37(34)31-39/h3-31,46H,1-2H3/b17-16+. The van der Waals surface area contributed by atoms with Crippen molar-refractivity contribution in [3.05, 3.63) is 186 Å². The molecule has 0 aliphatic carbocycles. The molecule has 1 aliphatic rings. The Hall–Kier alpha value is -5.86. The average Bonchev–Trinajstić information content (AvgIpc) is 3.12. The van der Waals surface area contributed by atoms with Gasteiger partial charge in [-0.3, -0.25) is 0 Å². The molecule has 0 saturated heterocycles. The van der Waals surface area contributed by atoms with Crippen LogP contribution in [-0.2, 0) is 5.41 Å². The van der Waals surface area contributed by atoms with E-state index in [1.807, 2.05) is 0 Å². The Bertz CT molecular complexity index is 2230. The normalized spacial score (nSPS) is 13.4. The number of nitrogens with one attached hydrogen (secondary N) is 1. The molecule has 0 saturated carbocycles. The summed E-state index contributed by atoms with van der Waals surface area (Å²) in [6, 6.07) is 58.7. The van der Waals surface area contributed by atoms with Gasteiger partial charge < -0.3 is 10.2 Å². The van der Waals surface area contributed by atoms with Crippen LogP contribution < -0.4 is 10.2 Å². The summed E-state index contributed by atoms with van der Waals surface area (Å²) in [4.78, 5) is 2.40. The van der Waals surface area contributed by atoms with Gasteiger partial charge in [-0.2, -0.15) is 0 Å². The van der Waals surface area contributed by atoms with Crippen LogP contribution in [0.3, 0.4) is 0 Å². The summed E-state index contributed by atoms with van der Waals surface area (Å²) in [6.45, 7) is 4.68. The molecule has 226 valence electrons. The first kappa shape index (κ1) is 28.6. The lowest BCUT2D eigenvalue weighted by molar-refractivity contribution is 0.631. The molecule has 0 fully saturated rings. The Kier molecular flexibility index (Phi) is 7.19. The molecule has 2 nitrogen and oxygen atoms in total. The van der Waals surface area contributed by atoms with Gasteiger partial charge >= 0.3 is 0 Å². The van der Waals surface area contributed by atoms with Gasteiger partial charge in [-0.05, 0) is 98.8 Å². The van der Waals surface area contributed by atoms with Crippen LogP contribution >= 0.6 is 0 Å². The van der Waals surface area contributed by atoms with Crippen LogP contribution in [0.5, 0.6) is 0 Å². The van der Waals surface area contributed by atoms with Crippen LogP contribution in [0.4, 0.5) is 28.4 Å². The molecule has 7 aromatic carbocycles. The molecule has 0 aromatic heterocycles. The SMILES string of the molecule is CC1(C)c2ccccc2N(c2ccccc2)c2ccc(/C=C/c3ccc(-c4ccc(Nc5ccc6ccccc6c5)cc4)cc3)cc21. The van der Waals surface area contributed by atoms with Crippen LogP contribution in [0.1, 0.15) is 36.1 Å². The van der Waals surface area contributed by atoms with Gasteiger partial charge in [-0.1, -0.05) is 135 Å². The number of rotatable bonds is 6. The largest absolute Gasteiger partial charge is 0.356 e. The number of hydrogen-bond acceptors (Lipinski definition) is 2. The monoisotopic (exact) mass is 604 g/mol. The Morgan fingerprint density at radius 2 is 1.06 bits per heavy atom. The zero-order valence-electron chi connectivity index (χ0n) is 26.7. The van der Waals surface area contributed by atoms with Gasteiger partial charge in [0.1, 0.15) is 0 Å². The third-order valence-corrected chi connectivity index (χ3v) is 9.40. The molecular weight excluding hydrogens is 569 g/mol. The minimum Gasteiger partial charge on any atom is -0.356 e. The van der Waals surface area contributed by atoms with E-state index in [2.05, 4.69) is 200 Å². The highest BCUT2D eigenvalue weighted by molar-refractivity contribution is 5.88. The average molecular weight is 605 g/mol. The Morgan fingerprint density at radius 3 is 1.85 bits per heavy atom. The molecule has 8 rings (SSSR count). The summed E-state index contributed by atoms with van der Waals surface area (Å²) in [5.74, 6) is 0. The van der Waals surface area contributed by atoms with Crippen molar-refractivity contribution in [1.82, 2.24) is 0 Å². The number of para-hydroxylation sites is 2. The lowest BCUT2D eigenvalue weighted by atomic mass is 9.73. The molecule has 7 aromatic rings. The number of fused-ring (bicyclic) bond motifs is 3. The topological polar surface area (TPSA) is 15.3 Å². The zero-order chi connectivity index (χ0) is 31.8. The lowest BCUT2D eigenvalue weighted by Crippen LogP contribution is -2.30. The summed E-state index contributed by atoms with van der Waals surface area (Å²) < 4.78 is 0. The van der Waals surface area contributed by atoms with Crippen LogP contribution in [0.25, 0.3) is 34.1 Å². The van der Waals surface area contributed by atoms with Crippen LogP contribution in [0, 0.1) is 0 Å². The number of benzene rings is 7. The summed E-state index contributed by atoms with van der Waals surface area (Å²) in [5.41, 5.74) is 13.1. The van der Waals surface area contributed by atoms with Gasteiger partial charge in [-0.25, -0.2) is 0 Å². The van der Waals surface area contributed by atoms with Crippen molar-refractivity contribution in [3.63, 3.8) is 0 Å². The van der Waals surface area contributed by atoms with E-state index < -0.39 is 0 Å². The molecule has 1 heterocycles. The molecule has 1 aliphatic heterocycles. The predicted molar refractivity (Wildman–Crippen MR) is 201 cm³/mol. The van der Waals surface area contributed by atoms with Gasteiger partial charge in [0, 0.05) is 22.5 Å². The van der Waals surface area contributed by atoms with Crippen LogP contribution in [0.2, 0.25) is 0 Å². The van der Waals surface area contributed by atoms with E-state index in [4.69, 9.17) is 0 Å². The minimum absolute atomic E-state index is 0.122. The predicted octanol–water partition coefficient (Wildman–Crippen LogP) is 12.5. The third kappa shape index (κ3) is 5.49. The van der Waals surface area contributed by atoms with Crippen molar-refractivity contribution >= 4 is 51.4 Å². The number of anilines is 5. The fourth-order valence-corrected chi connectivity index (χ4v) is 6.84. The first-order valence-corrected chi connectivity index (χ1v) is 16.3. The highest BCUT2D eigenvalue weighted by Gasteiger charge is 2.36. The Labute approximate surface area is 277 Å². The Balaban J connectivity index is 1.01. The van der Waals surface area contributed by atoms with Gasteiger partial charge in [-0.15, -0.1) is 0 Å². The van der Waals surface area contributed by atoms with E-state index in [1.165, 1.54) is 61.2 Å². The van der Waals surface area contributed by atoms with Crippen molar-refractivity contribution in [3.8, 4) is 11.1 Å². The maximum Gasteiger partial charge on any atom is 0.0503 e.